The van der Waals surface area contributed by atoms with Crippen molar-refractivity contribution in [2.45, 2.75) is 20.3 Å². The maximum absolute atomic E-state index is 6.16. The van der Waals surface area contributed by atoms with Gasteiger partial charge in [-0.1, -0.05) is 24.6 Å². The van der Waals surface area contributed by atoms with Crippen molar-refractivity contribution in [3.8, 4) is 0 Å². The summed E-state index contributed by atoms with van der Waals surface area (Å²) in [6.45, 7) is 4.09. The van der Waals surface area contributed by atoms with E-state index in [9.17, 15) is 0 Å². The summed E-state index contributed by atoms with van der Waals surface area (Å²) in [5, 5.41) is 5.23. The number of nitrogens with one attached hydrogen (secondary N) is 1. The summed E-state index contributed by atoms with van der Waals surface area (Å²) in [7, 11) is 0. The number of aromatic nitrogens is 2. The van der Waals surface area contributed by atoms with Crippen LogP contribution in [0.1, 0.15) is 17.4 Å². The number of halogens is 2. The van der Waals surface area contributed by atoms with Crippen molar-refractivity contribution in [1.29, 1.82) is 0 Å². The first-order valence-electron chi connectivity index (χ1n) is 6.56. The number of hydrogen-bond acceptors (Lipinski definition) is 4. The van der Waals surface area contributed by atoms with Gasteiger partial charge in [-0.15, -0.1) is 11.3 Å². The topological polar surface area (TPSA) is 37.8 Å². The molecule has 0 fully saturated rings. The molecule has 1 aromatic carbocycles. The number of hydrogen-bond donors (Lipinski definition) is 1. The van der Waals surface area contributed by atoms with Crippen LogP contribution >= 0.6 is 34.5 Å². The Morgan fingerprint density at radius 2 is 2.00 bits per heavy atom. The van der Waals surface area contributed by atoms with Gasteiger partial charge < -0.3 is 5.32 Å². The fraction of sp³-hybridized carbons (Fsp3) is 0.200. The number of benzene rings is 1. The molecular weight excluding hydrogens is 325 g/mol. The number of aryl methyl sites for hydroxylation is 2. The van der Waals surface area contributed by atoms with Gasteiger partial charge in [0.05, 0.1) is 5.39 Å². The summed E-state index contributed by atoms with van der Waals surface area (Å²) < 4.78 is 0. The van der Waals surface area contributed by atoms with E-state index in [1.165, 1.54) is 4.88 Å². The number of nitrogens with zero attached hydrogens (tertiary/aromatic N) is 2. The second-order valence-electron chi connectivity index (χ2n) is 4.72. The minimum absolute atomic E-state index is 0.243. The molecule has 0 spiro atoms. The molecule has 0 unspecified atom stereocenters. The fourth-order valence-electron chi connectivity index (χ4n) is 2.02. The molecular formula is C15H13Cl2N3S. The Morgan fingerprint density at radius 3 is 2.71 bits per heavy atom. The SMILES string of the molecule is CCc1cc2c(Nc3ccc(C)c(Cl)c3)nc(Cl)nc2s1. The number of thiophene rings is 1. The normalized spacial score (nSPS) is 11.0. The molecule has 0 atom stereocenters. The van der Waals surface area contributed by atoms with Gasteiger partial charge in [-0.25, -0.2) is 4.98 Å². The molecule has 0 bridgehead atoms. The highest BCUT2D eigenvalue weighted by Gasteiger charge is 2.11. The van der Waals surface area contributed by atoms with Crippen molar-refractivity contribution in [2.24, 2.45) is 0 Å². The number of rotatable bonds is 3. The minimum Gasteiger partial charge on any atom is -0.339 e. The molecule has 2 aromatic heterocycles. The average Bonchev–Trinajstić information content (AvgIpc) is 2.86. The molecule has 0 aliphatic heterocycles. The van der Waals surface area contributed by atoms with E-state index >= 15 is 0 Å². The highest BCUT2D eigenvalue weighted by molar-refractivity contribution is 7.18. The van der Waals surface area contributed by atoms with Gasteiger partial charge in [-0.2, -0.15) is 4.98 Å². The van der Waals surface area contributed by atoms with Crippen LogP contribution in [0.15, 0.2) is 24.3 Å². The van der Waals surface area contributed by atoms with E-state index in [-0.39, 0.29) is 5.28 Å². The van der Waals surface area contributed by atoms with Crippen LogP contribution in [0.4, 0.5) is 11.5 Å². The largest absolute Gasteiger partial charge is 0.339 e. The van der Waals surface area contributed by atoms with E-state index in [1.807, 2.05) is 25.1 Å². The van der Waals surface area contributed by atoms with Gasteiger partial charge in [0.2, 0.25) is 5.28 Å². The van der Waals surface area contributed by atoms with Gasteiger partial charge in [0.1, 0.15) is 10.6 Å². The van der Waals surface area contributed by atoms with E-state index in [0.29, 0.717) is 5.82 Å². The third kappa shape index (κ3) is 2.98. The summed E-state index contributed by atoms with van der Waals surface area (Å²) >= 11 is 13.8. The number of anilines is 2. The van der Waals surface area contributed by atoms with Gasteiger partial charge in [0.25, 0.3) is 0 Å². The van der Waals surface area contributed by atoms with Crippen LogP contribution in [0, 0.1) is 6.92 Å². The third-order valence-electron chi connectivity index (χ3n) is 3.20. The van der Waals surface area contributed by atoms with E-state index in [4.69, 9.17) is 23.2 Å². The first-order valence-corrected chi connectivity index (χ1v) is 8.13. The van der Waals surface area contributed by atoms with Crippen LogP contribution < -0.4 is 5.32 Å². The van der Waals surface area contributed by atoms with Crippen molar-refractivity contribution in [2.75, 3.05) is 5.32 Å². The monoisotopic (exact) mass is 337 g/mol. The highest BCUT2D eigenvalue weighted by atomic mass is 35.5. The summed E-state index contributed by atoms with van der Waals surface area (Å²) in [5.74, 6) is 0.709. The molecule has 6 heteroatoms. The van der Waals surface area contributed by atoms with Crippen molar-refractivity contribution < 1.29 is 0 Å². The smallest absolute Gasteiger partial charge is 0.225 e. The van der Waals surface area contributed by atoms with Crippen molar-refractivity contribution in [3.63, 3.8) is 0 Å². The second-order valence-corrected chi connectivity index (χ2v) is 6.58. The van der Waals surface area contributed by atoms with Crippen molar-refractivity contribution in [1.82, 2.24) is 9.97 Å². The van der Waals surface area contributed by atoms with Crippen molar-refractivity contribution in [3.05, 3.63) is 45.0 Å². The Morgan fingerprint density at radius 1 is 1.19 bits per heavy atom. The Kier molecular flexibility index (Phi) is 4.02. The van der Waals surface area contributed by atoms with E-state index in [1.54, 1.807) is 11.3 Å². The third-order valence-corrected chi connectivity index (χ3v) is 4.95. The quantitative estimate of drug-likeness (QED) is 0.631. The van der Waals surface area contributed by atoms with Gasteiger partial charge >= 0.3 is 0 Å². The lowest BCUT2D eigenvalue weighted by Crippen LogP contribution is -1.96. The second kappa shape index (κ2) is 5.79. The van der Waals surface area contributed by atoms with Crippen LogP contribution in [0.25, 0.3) is 10.2 Å². The zero-order valence-corrected chi connectivity index (χ0v) is 13.9. The molecule has 2 heterocycles. The Labute approximate surface area is 137 Å². The van der Waals surface area contributed by atoms with Crippen LogP contribution in [-0.4, -0.2) is 9.97 Å². The average molecular weight is 338 g/mol. The molecule has 0 saturated carbocycles. The first kappa shape index (κ1) is 14.6. The molecule has 0 amide bonds. The highest BCUT2D eigenvalue weighted by Crippen LogP contribution is 2.32. The van der Waals surface area contributed by atoms with E-state index < -0.39 is 0 Å². The van der Waals surface area contributed by atoms with E-state index in [2.05, 4.69) is 28.3 Å². The molecule has 0 aliphatic carbocycles. The molecule has 0 radical (unpaired) electrons. The van der Waals surface area contributed by atoms with Crippen LogP contribution in [-0.2, 0) is 6.42 Å². The number of fused-ring (bicyclic) bond motifs is 1. The van der Waals surface area contributed by atoms with Crippen LogP contribution in [0.2, 0.25) is 10.3 Å². The van der Waals surface area contributed by atoms with Crippen LogP contribution in [0.5, 0.6) is 0 Å². The molecule has 3 aromatic rings. The Bertz CT molecular complexity index is 814. The van der Waals surface area contributed by atoms with E-state index in [0.717, 1.165) is 32.9 Å². The minimum atomic E-state index is 0.243. The Hall–Kier alpha value is -1.36. The lowest BCUT2D eigenvalue weighted by atomic mass is 10.2. The molecule has 1 N–H and O–H groups in total. The summed E-state index contributed by atoms with van der Waals surface area (Å²) in [4.78, 5) is 10.7. The van der Waals surface area contributed by atoms with Gasteiger partial charge in [-0.3, -0.25) is 0 Å². The lowest BCUT2D eigenvalue weighted by molar-refractivity contribution is 1.19. The standard InChI is InChI=1S/C15H13Cl2N3S/c1-3-10-7-11-13(19-15(17)20-14(11)21-10)18-9-5-4-8(2)12(16)6-9/h4-7H,3H2,1-2H3,(H,18,19,20). The summed E-state index contributed by atoms with van der Waals surface area (Å²) in [6.07, 6.45) is 0.967. The summed E-state index contributed by atoms with van der Waals surface area (Å²) in [6, 6.07) is 7.92. The fourth-order valence-corrected chi connectivity index (χ4v) is 3.39. The first-order chi connectivity index (χ1) is 10.1. The van der Waals surface area contributed by atoms with Crippen molar-refractivity contribution >= 4 is 56.3 Å². The predicted molar refractivity (Wildman–Crippen MR) is 91.3 cm³/mol. The molecule has 21 heavy (non-hydrogen) atoms. The molecule has 3 rings (SSSR count). The molecule has 0 aliphatic rings. The van der Waals surface area contributed by atoms with Gasteiger partial charge in [-0.05, 0) is 48.7 Å². The predicted octanol–water partition coefficient (Wildman–Crippen LogP) is 5.61. The zero-order valence-electron chi connectivity index (χ0n) is 11.6. The van der Waals surface area contributed by atoms with Gasteiger partial charge in [0.15, 0.2) is 0 Å². The lowest BCUT2D eigenvalue weighted by Gasteiger charge is -2.08. The maximum Gasteiger partial charge on any atom is 0.225 e. The zero-order chi connectivity index (χ0) is 15.0. The molecule has 3 nitrogen and oxygen atoms in total. The summed E-state index contributed by atoms with van der Waals surface area (Å²) in [5.41, 5.74) is 1.92. The Balaban J connectivity index is 2.06. The molecule has 0 saturated heterocycles. The van der Waals surface area contributed by atoms with Gasteiger partial charge in [0, 0.05) is 15.6 Å². The molecule has 108 valence electrons. The van der Waals surface area contributed by atoms with Crippen LogP contribution in [0.3, 0.4) is 0 Å². The maximum atomic E-state index is 6.16.